The van der Waals surface area contributed by atoms with E-state index in [1.165, 1.54) is 5.56 Å². The van der Waals surface area contributed by atoms with Crippen LogP contribution in [-0.2, 0) is 25.9 Å². The van der Waals surface area contributed by atoms with Gasteiger partial charge in [0, 0.05) is 18.4 Å². The molecule has 0 saturated carbocycles. The number of aromatic carboxylic acids is 1. The van der Waals surface area contributed by atoms with Crippen LogP contribution in [0, 0.1) is 5.92 Å². The first-order valence-electron chi connectivity index (χ1n) is 12.2. The van der Waals surface area contributed by atoms with Crippen molar-refractivity contribution >= 4 is 5.97 Å². The molecule has 0 bridgehead atoms. The van der Waals surface area contributed by atoms with Gasteiger partial charge in [0.2, 0.25) is 0 Å². The van der Waals surface area contributed by atoms with Crippen LogP contribution in [0.25, 0.3) is 11.1 Å². The summed E-state index contributed by atoms with van der Waals surface area (Å²) in [6, 6.07) is 25.1. The first kappa shape index (κ1) is 24.3. The molecule has 1 N–H and O–H groups in total. The summed E-state index contributed by atoms with van der Waals surface area (Å²) in [7, 11) is 0. The van der Waals surface area contributed by atoms with Gasteiger partial charge in [-0.15, -0.1) is 0 Å². The number of carboxylic acid groups (broad SMARTS) is 1. The molecule has 3 aromatic carbocycles. The quantitative estimate of drug-likeness (QED) is 0.315. The molecule has 0 unspecified atom stereocenters. The minimum Gasteiger partial charge on any atom is -0.478 e. The summed E-state index contributed by atoms with van der Waals surface area (Å²) in [6.45, 7) is 5.53. The Labute approximate surface area is 206 Å². The van der Waals surface area contributed by atoms with E-state index >= 15 is 0 Å². The zero-order valence-electron chi connectivity index (χ0n) is 20.4. The Bertz CT molecular complexity index is 1330. The van der Waals surface area contributed by atoms with Crippen LogP contribution in [0.5, 0.6) is 0 Å². The van der Waals surface area contributed by atoms with Crippen LogP contribution in [-0.4, -0.2) is 20.2 Å². The Kier molecular flexibility index (Phi) is 7.66. The molecule has 1 heterocycles. The molecular formula is C30H32N2O3. The molecule has 4 aromatic rings. The normalized spacial score (nSPS) is 11.2. The van der Waals surface area contributed by atoms with Crippen molar-refractivity contribution in [2.75, 3.05) is 0 Å². The maximum atomic E-state index is 13.3. The molecular weight excluding hydrogens is 436 g/mol. The molecule has 0 radical (unpaired) electrons. The van der Waals surface area contributed by atoms with Gasteiger partial charge in [0.25, 0.3) is 0 Å². The Morgan fingerprint density at radius 1 is 0.857 bits per heavy atom. The van der Waals surface area contributed by atoms with Crippen molar-refractivity contribution in [3.63, 3.8) is 0 Å². The molecule has 0 atom stereocenters. The number of hydrogen-bond donors (Lipinski definition) is 1. The summed E-state index contributed by atoms with van der Waals surface area (Å²) in [5.74, 6) is -0.386. The van der Waals surface area contributed by atoms with E-state index in [1.807, 2.05) is 69.9 Å². The van der Waals surface area contributed by atoms with Crippen LogP contribution in [0.2, 0.25) is 0 Å². The summed E-state index contributed by atoms with van der Waals surface area (Å²) >= 11 is 0. The molecule has 0 amide bonds. The predicted molar refractivity (Wildman–Crippen MR) is 140 cm³/mol. The van der Waals surface area contributed by atoms with Crippen LogP contribution >= 0.6 is 0 Å². The Morgan fingerprint density at radius 3 is 2.23 bits per heavy atom. The molecule has 5 nitrogen and oxygen atoms in total. The second kappa shape index (κ2) is 11.0. The number of nitrogens with zero attached hydrogens (tertiary/aromatic N) is 2. The third-order valence-electron chi connectivity index (χ3n) is 6.35. The lowest BCUT2D eigenvalue weighted by Crippen LogP contribution is -2.26. The van der Waals surface area contributed by atoms with Crippen molar-refractivity contribution in [2.45, 2.75) is 46.2 Å². The molecule has 0 fully saturated rings. The lowest BCUT2D eigenvalue weighted by atomic mass is 9.98. The largest absolute Gasteiger partial charge is 0.478 e. The molecule has 180 valence electrons. The lowest BCUT2D eigenvalue weighted by Gasteiger charge is -2.10. The van der Waals surface area contributed by atoms with Gasteiger partial charge in [-0.2, -0.15) is 0 Å². The number of carboxylic acids is 1. The third-order valence-corrected chi connectivity index (χ3v) is 6.35. The van der Waals surface area contributed by atoms with Crippen LogP contribution < -0.4 is 5.69 Å². The number of benzene rings is 3. The highest BCUT2D eigenvalue weighted by Gasteiger charge is 2.14. The van der Waals surface area contributed by atoms with Crippen molar-refractivity contribution in [1.82, 2.24) is 9.13 Å². The second-order valence-electron chi connectivity index (χ2n) is 9.40. The molecule has 0 aliphatic heterocycles. The minimum absolute atomic E-state index is 0.0139. The van der Waals surface area contributed by atoms with Crippen molar-refractivity contribution in [3.8, 4) is 11.1 Å². The molecule has 35 heavy (non-hydrogen) atoms. The van der Waals surface area contributed by atoms with Crippen molar-refractivity contribution < 1.29 is 9.90 Å². The molecule has 0 spiro atoms. The third kappa shape index (κ3) is 5.99. The summed E-state index contributed by atoms with van der Waals surface area (Å²) in [5, 5.41) is 9.51. The van der Waals surface area contributed by atoms with E-state index in [2.05, 4.69) is 26.0 Å². The summed E-state index contributed by atoms with van der Waals surface area (Å²) in [6.07, 6.45) is 4.71. The second-order valence-corrected chi connectivity index (χ2v) is 9.40. The molecule has 0 aliphatic rings. The number of rotatable bonds is 10. The van der Waals surface area contributed by atoms with Gasteiger partial charge in [-0.3, -0.25) is 9.13 Å². The number of hydrogen-bond acceptors (Lipinski definition) is 2. The highest BCUT2D eigenvalue weighted by Crippen LogP contribution is 2.24. The SMILES string of the molecule is CC(C)CCc1cn(CCc2ccccc2)c(=O)n1Cc1ccc(-c2ccccc2C(=O)O)cc1. The van der Waals surface area contributed by atoms with Gasteiger partial charge in [-0.25, -0.2) is 9.59 Å². The fourth-order valence-electron chi connectivity index (χ4n) is 4.34. The van der Waals surface area contributed by atoms with Crippen molar-refractivity contribution in [3.05, 3.63) is 118 Å². The molecule has 0 saturated heterocycles. The summed E-state index contributed by atoms with van der Waals surface area (Å²) in [5.41, 5.74) is 5.11. The summed E-state index contributed by atoms with van der Waals surface area (Å²) in [4.78, 5) is 24.9. The zero-order chi connectivity index (χ0) is 24.8. The lowest BCUT2D eigenvalue weighted by molar-refractivity contribution is 0.0697. The van der Waals surface area contributed by atoms with E-state index < -0.39 is 5.97 Å². The standard InChI is InChI=1S/C30H32N2O3/c1-22(2)12-17-26-21-31(19-18-23-8-4-3-5-9-23)30(35)32(26)20-24-13-15-25(16-14-24)27-10-6-7-11-28(27)29(33)34/h3-11,13-16,21-22H,12,17-20H2,1-2H3,(H,33,34). The summed E-state index contributed by atoms with van der Waals surface area (Å²) < 4.78 is 3.72. The van der Waals surface area contributed by atoms with E-state index in [0.717, 1.165) is 36.1 Å². The maximum absolute atomic E-state index is 13.3. The Hall–Kier alpha value is -3.86. The van der Waals surface area contributed by atoms with Gasteiger partial charge < -0.3 is 5.11 Å². The van der Waals surface area contributed by atoms with Crippen LogP contribution in [0.3, 0.4) is 0 Å². The molecule has 0 aliphatic carbocycles. The topological polar surface area (TPSA) is 64.2 Å². The van der Waals surface area contributed by atoms with Gasteiger partial charge in [-0.05, 0) is 53.5 Å². The predicted octanol–water partition coefficient (Wildman–Crippen LogP) is 5.89. The zero-order valence-corrected chi connectivity index (χ0v) is 20.4. The van der Waals surface area contributed by atoms with Gasteiger partial charge in [-0.1, -0.05) is 86.6 Å². The molecule has 4 rings (SSSR count). The van der Waals surface area contributed by atoms with Gasteiger partial charge >= 0.3 is 11.7 Å². The monoisotopic (exact) mass is 468 g/mol. The van der Waals surface area contributed by atoms with Crippen molar-refractivity contribution in [2.24, 2.45) is 5.92 Å². The highest BCUT2D eigenvalue weighted by atomic mass is 16.4. The van der Waals surface area contributed by atoms with E-state index in [-0.39, 0.29) is 11.3 Å². The first-order chi connectivity index (χ1) is 16.9. The number of carbonyl (C=O) groups is 1. The average molecular weight is 469 g/mol. The van der Waals surface area contributed by atoms with Gasteiger partial charge in [0.05, 0.1) is 12.1 Å². The Balaban J connectivity index is 1.58. The van der Waals surface area contributed by atoms with E-state index in [1.54, 1.807) is 12.1 Å². The number of aryl methyl sites for hydroxylation is 3. The Morgan fingerprint density at radius 2 is 1.54 bits per heavy atom. The van der Waals surface area contributed by atoms with Gasteiger partial charge in [0.15, 0.2) is 0 Å². The first-order valence-corrected chi connectivity index (χ1v) is 12.2. The van der Waals surface area contributed by atoms with Crippen LogP contribution in [0.15, 0.2) is 89.9 Å². The van der Waals surface area contributed by atoms with Crippen molar-refractivity contribution in [1.29, 1.82) is 0 Å². The molecule has 1 aromatic heterocycles. The van der Waals surface area contributed by atoms with E-state index in [4.69, 9.17) is 0 Å². The van der Waals surface area contributed by atoms with Crippen LogP contribution in [0.1, 0.15) is 47.4 Å². The number of aromatic nitrogens is 2. The number of imidazole rings is 1. The average Bonchev–Trinajstić information content (AvgIpc) is 3.16. The molecule has 5 heteroatoms. The fraction of sp³-hybridized carbons (Fsp3) is 0.267. The minimum atomic E-state index is -0.942. The van der Waals surface area contributed by atoms with E-state index in [0.29, 0.717) is 24.6 Å². The van der Waals surface area contributed by atoms with Gasteiger partial charge in [0.1, 0.15) is 0 Å². The fourth-order valence-corrected chi connectivity index (χ4v) is 4.34. The highest BCUT2D eigenvalue weighted by molar-refractivity contribution is 5.95. The smallest absolute Gasteiger partial charge is 0.336 e. The maximum Gasteiger partial charge on any atom is 0.336 e. The van der Waals surface area contributed by atoms with E-state index in [9.17, 15) is 14.7 Å². The van der Waals surface area contributed by atoms with Crippen LogP contribution in [0.4, 0.5) is 0 Å².